The molecule has 2 rings (SSSR count). The van der Waals surface area contributed by atoms with Crippen molar-refractivity contribution in [2.75, 3.05) is 6.54 Å². The van der Waals surface area contributed by atoms with Crippen LogP contribution >= 0.6 is 0 Å². The van der Waals surface area contributed by atoms with Crippen LogP contribution in [0.25, 0.3) is 0 Å². The van der Waals surface area contributed by atoms with E-state index in [1.165, 1.54) is 24.6 Å². The Balaban J connectivity index is 2.11. The van der Waals surface area contributed by atoms with Crippen molar-refractivity contribution in [2.45, 2.75) is 58.4 Å². The zero-order valence-corrected chi connectivity index (χ0v) is 13.2. The second kappa shape index (κ2) is 7.88. The molecule has 0 aromatic heterocycles. The molecule has 3 heteroatoms. The van der Waals surface area contributed by atoms with Crippen LogP contribution in [-0.4, -0.2) is 12.6 Å². The monoisotopic (exact) mass is 295 g/mol. The first kappa shape index (κ1) is 16.4. The number of nitrogens with one attached hydrogen (secondary N) is 1. The Morgan fingerprint density at radius 2 is 1.86 bits per heavy atom. The molecule has 3 unspecified atom stereocenters. The van der Waals surface area contributed by atoms with Gasteiger partial charge in [-0.1, -0.05) is 26.3 Å². The highest BCUT2D eigenvalue weighted by atomic mass is 19.1. The third-order valence-electron chi connectivity index (χ3n) is 4.85. The molecular weight excluding hydrogens is 268 g/mol. The fraction of sp³-hybridized carbons (Fsp3) is 0.667. The predicted molar refractivity (Wildman–Crippen MR) is 83.3 cm³/mol. The van der Waals surface area contributed by atoms with Gasteiger partial charge in [-0.2, -0.15) is 0 Å². The van der Waals surface area contributed by atoms with Crippen molar-refractivity contribution >= 4 is 0 Å². The lowest BCUT2D eigenvalue weighted by molar-refractivity contribution is 0.196. The van der Waals surface area contributed by atoms with E-state index in [-0.39, 0.29) is 5.56 Å². The van der Waals surface area contributed by atoms with Gasteiger partial charge in [0.05, 0.1) is 0 Å². The maximum Gasteiger partial charge on any atom is 0.129 e. The topological polar surface area (TPSA) is 12.0 Å². The van der Waals surface area contributed by atoms with Gasteiger partial charge in [0, 0.05) is 11.6 Å². The second-order valence-corrected chi connectivity index (χ2v) is 6.31. The average Bonchev–Trinajstić information content (AvgIpc) is 2.49. The summed E-state index contributed by atoms with van der Waals surface area (Å²) in [6.07, 6.45) is 6.20. The summed E-state index contributed by atoms with van der Waals surface area (Å²) in [7, 11) is 0. The molecule has 0 radical (unpaired) electrons. The van der Waals surface area contributed by atoms with Crippen molar-refractivity contribution in [3.63, 3.8) is 0 Å². The summed E-state index contributed by atoms with van der Waals surface area (Å²) in [4.78, 5) is 0. The molecule has 1 aliphatic rings. The summed E-state index contributed by atoms with van der Waals surface area (Å²) in [6, 6.07) is 4.57. The van der Waals surface area contributed by atoms with E-state index in [4.69, 9.17) is 0 Å². The fourth-order valence-electron chi connectivity index (χ4n) is 3.55. The van der Waals surface area contributed by atoms with Crippen LogP contribution in [0.4, 0.5) is 8.78 Å². The molecule has 3 atom stereocenters. The van der Waals surface area contributed by atoms with Gasteiger partial charge in [0.15, 0.2) is 0 Å². The van der Waals surface area contributed by atoms with E-state index in [1.807, 2.05) is 0 Å². The largest absolute Gasteiger partial charge is 0.314 e. The number of hydrogen-bond donors (Lipinski definition) is 1. The van der Waals surface area contributed by atoms with Gasteiger partial charge in [-0.15, -0.1) is 0 Å². The standard InChI is InChI=1S/C18H27F2N/c1-3-10-21-18-9-8-13(4-2)11-14(18)12-15-16(19)6-5-7-17(15)20/h5-7,13-14,18,21H,3-4,8-12H2,1-2H3. The van der Waals surface area contributed by atoms with Gasteiger partial charge in [0.1, 0.15) is 11.6 Å². The highest BCUT2D eigenvalue weighted by molar-refractivity contribution is 5.20. The Labute approximate surface area is 127 Å². The Hall–Kier alpha value is -0.960. The third-order valence-corrected chi connectivity index (χ3v) is 4.85. The van der Waals surface area contributed by atoms with E-state index in [1.54, 1.807) is 0 Å². The first-order chi connectivity index (χ1) is 10.2. The molecule has 0 bridgehead atoms. The zero-order chi connectivity index (χ0) is 15.2. The van der Waals surface area contributed by atoms with Crippen LogP contribution in [0.2, 0.25) is 0 Å². The summed E-state index contributed by atoms with van der Waals surface area (Å²) in [5, 5.41) is 3.58. The predicted octanol–water partition coefficient (Wildman–Crippen LogP) is 4.70. The maximum absolute atomic E-state index is 13.9. The normalized spacial score (nSPS) is 26.0. The number of rotatable bonds is 6. The molecule has 1 fully saturated rings. The van der Waals surface area contributed by atoms with E-state index in [2.05, 4.69) is 19.2 Å². The number of hydrogen-bond acceptors (Lipinski definition) is 1. The Morgan fingerprint density at radius 1 is 1.14 bits per heavy atom. The lowest BCUT2D eigenvalue weighted by Crippen LogP contribution is -2.42. The van der Waals surface area contributed by atoms with Gasteiger partial charge in [0.2, 0.25) is 0 Å². The zero-order valence-electron chi connectivity index (χ0n) is 13.2. The number of halogens is 2. The van der Waals surface area contributed by atoms with Crippen LogP contribution in [0.5, 0.6) is 0 Å². The Bertz CT molecular complexity index is 427. The third kappa shape index (κ3) is 4.26. The average molecular weight is 295 g/mol. The summed E-state index contributed by atoms with van der Waals surface area (Å²) < 4.78 is 27.8. The first-order valence-corrected chi connectivity index (χ1v) is 8.31. The molecule has 0 amide bonds. The molecule has 1 aromatic rings. The van der Waals surface area contributed by atoms with E-state index >= 15 is 0 Å². The summed E-state index contributed by atoms with van der Waals surface area (Å²) in [5.74, 6) is 0.233. The Kier molecular flexibility index (Phi) is 6.16. The van der Waals surface area contributed by atoms with Crippen molar-refractivity contribution in [3.8, 4) is 0 Å². The molecule has 0 spiro atoms. The molecule has 1 saturated carbocycles. The first-order valence-electron chi connectivity index (χ1n) is 8.31. The van der Waals surface area contributed by atoms with Crippen molar-refractivity contribution in [1.29, 1.82) is 0 Å². The van der Waals surface area contributed by atoms with Crippen LogP contribution in [0, 0.1) is 23.5 Å². The van der Waals surface area contributed by atoms with Crippen LogP contribution < -0.4 is 5.32 Å². The van der Waals surface area contributed by atoms with E-state index in [0.717, 1.165) is 32.2 Å². The van der Waals surface area contributed by atoms with E-state index in [9.17, 15) is 8.78 Å². The smallest absolute Gasteiger partial charge is 0.129 e. The molecule has 1 N–H and O–H groups in total. The molecule has 0 aliphatic heterocycles. The fourth-order valence-corrected chi connectivity index (χ4v) is 3.55. The van der Waals surface area contributed by atoms with Crippen LogP contribution in [0.3, 0.4) is 0 Å². The molecular formula is C18H27F2N. The van der Waals surface area contributed by atoms with Crippen LogP contribution in [0.15, 0.2) is 18.2 Å². The van der Waals surface area contributed by atoms with E-state index < -0.39 is 11.6 Å². The molecule has 0 saturated heterocycles. The minimum Gasteiger partial charge on any atom is -0.314 e. The van der Waals surface area contributed by atoms with Gasteiger partial charge in [-0.05, 0) is 62.6 Å². The summed E-state index contributed by atoms with van der Waals surface area (Å²) >= 11 is 0. The minimum absolute atomic E-state index is 0.266. The SMILES string of the molecule is CCCNC1CCC(CC)CC1Cc1c(F)cccc1F. The molecule has 0 heterocycles. The molecule has 1 aliphatic carbocycles. The van der Waals surface area contributed by atoms with Gasteiger partial charge in [-0.3, -0.25) is 0 Å². The van der Waals surface area contributed by atoms with Gasteiger partial charge >= 0.3 is 0 Å². The number of benzene rings is 1. The summed E-state index contributed by atoms with van der Waals surface area (Å²) in [5.41, 5.74) is 0.266. The van der Waals surface area contributed by atoms with Crippen LogP contribution in [-0.2, 0) is 6.42 Å². The molecule has 1 aromatic carbocycles. The highest BCUT2D eigenvalue weighted by Crippen LogP contribution is 2.34. The highest BCUT2D eigenvalue weighted by Gasteiger charge is 2.30. The van der Waals surface area contributed by atoms with Gasteiger partial charge in [0.25, 0.3) is 0 Å². The van der Waals surface area contributed by atoms with Crippen molar-refractivity contribution < 1.29 is 8.78 Å². The van der Waals surface area contributed by atoms with Gasteiger partial charge in [-0.25, -0.2) is 8.78 Å². The molecule has 1 nitrogen and oxygen atoms in total. The maximum atomic E-state index is 13.9. The van der Waals surface area contributed by atoms with Gasteiger partial charge < -0.3 is 5.32 Å². The van der Waals surface area contributed by atoms with Crippen molar-refractivity contribution in [3.05, 3.63) is 35.4 Å². The molecule has 118 valence electrons. The van der Waals surface area contributed by atoms with E-state index in [0.29, 0.717) is 24.3 Å². The van der Waals surface area contributed by atoms with Crippen LogP contribution in [0.1, 0.15) is 51.5 Å². The quantitative estimate of drug-likeness (QED) is 0.802. The van der Waals surface area contributed by atoms with Crippen molar-refractivity contribution in [1.82, 2.24) is 5.32 Å². The minimum atomic E-state index is -0.400. The lowest BCUT2D eigenvalue weighted by Gasteiger charge is -2.37. The molecule has 21 heavy (non-hydrogen) atoms. The van der Waals surface area contributed by atoms with Crippen molar-refractivity contribution in [2.24, 2.45) is 11.8 Å². The second-order valence-electron chi connectivity index (χ2n) is 6.31. The summed E-state index contributed by atoms with van der Waals surface area (Å²) in [6.45, 7) is 5.35. The Morgan fingerprint density at radius 3 is 2.48 bits per heavy atom. The lowest BCUT2D eigenvalue weighted by atomic mass is 9.74.